The molecule has 0 aromatic heterocycles. The van der Waals surface area contributed by atoms with Crippen molar-refractivity contribution in [2.24, 2.45) is 0 Å². The third kappa shape index (κ3) is 3.89. The molecule has 26 heavy (non-hydrogen) atoms. The van der Waals surface area contributed by atoms with Gasteiger partial charge < -0.3 is 29.9 Å². The fraction of sp³-hybridized carbons (Fsp3) is 0.316. The second kappa shape index (κ2) is 8.55. The topological polar surface area (TPSA) is 116 Å². The number of aliphatic hydroxyl groups excluding tert-OH is 2. The van der Waals surface area contributed by atoms with Crippen molar-refractivity contribution in [3.8, 4) is 23.0 Å². The third-order valence-corrected chi connectivity index (χ3v) is 4.05. The Kier molecular flexibility index (Phi) is 6.43. The predicted molar refractivity (Wildman–Crippen MR) is 94.3 cm³/mol. The van der Waals surface area contributed by atoms with Crippen LogP contribution in [0, 0.1) is 0 Å². The lowest BCUT2D eigenvalue weighted by Gasteiger charge is -2.14. The van der Waals surface area contributed by atoms with Crippen LogP contribution in [-0.2, 0) is 12.8 Å². The average Bonchev–Trinajstić information content (AvgIpc) is 2.64. The molecule has 0 aliphatic rings. The highest BCUT2D eigenvalue weighted by Crippen LogP contribution is 2.35. The van der Waals surface area contributed by atoms with E-state index in [9.17, 15) is 15.0 Å². The molecule has 7 heteroatoms. The highest BCUT2D eigenvalue weighted by molar-refractivity contribution is 6.13. The number of aromatic hydroxyl groups is 2. The summed E-state index contributed by atoms with van der Waals surface area (Å²) in [6, 6.07) is 5.79. The van der Waals surface area contributed by atoms with E-state index in [0.717, 1.165) is 0 Å². The van der Waals surface area contributed by atoms with Crippen LogP contribution >= 0.6 is 0 Å². The van der Waals surface area contributed by atoms with E-state index in [4.69, 9.17) is 19.7 Å². The van der Waals surface area contributed by atoms with Crippen molar-refractivity contribution in [1.29, 1.82) is 0 Å². The normalized spacial score (nSPS) is 10.6. The number of phenols is 2. The summed E-state index contributed by atoms with van der Waals surface area (Å²) in [5.74, 6) is -0.511. The number of benzene rings is 2. The molecule has 0 atom stereocenters. The Morgan fingerprint density at radius 3 is 1.50 bits per heavy atom. The Labute approximate surface area is 151 Å². The number of aliphatic hydroxyl groups is 2. The molecule has 0 fully saturated rings. The fourth-order valence-corrected chi connectivity index (χ4v) is 2.68. The zero-order chi connectivity index (χ0) is 19.3. The lowest BCUT2D eigenvalue weighted by Crippen LogP contribution is -2.07. The zero-order valence-corrected chi connectivity index (χ0v) is 14.7. The summed E-state index contributed by atoms with van der Waals surface area (Å²) >= 11 is 0. The lowest BCUT2D eigenvalue weighted by molar-refractivity contribution is 0.103. The number of phenolic OH excluding ortho intramolecular Hbond substituents is 2. The van der Waals surface area contributed by atoms with Crippen molar-refractivity contribution in [1.82, 2.24) is 0 Å². The highest BCUT2D eigenvalue weighted by atomic mass is 16.5. The first-order valence-corrected chi connectivity index (χ1v) is 8.03. The summed E-state index contributed by atoms with van der Waals surface area (Å²) in [5.41, 5.74) is 0.582. The lowest BCUT2D eigenvalue weighted by atomic mass is 9.95. The van der Waals surface area contributed by atoms with E-state index in [0.29, 0.717) is 22.6 Å². The molecule has 7 nitrogen and oxygen atoms in total. The largest absolute Gasteiger partial charge is 0.507 e. The predicted octanol–water partition coefficient (Wildman–Crippen LogP) is 1.42. The van der Waals surface area contributed by atoms with Gasteiger partial charge in [0.1, 0.15) is 23.0 Å². The van der Waals surface area contributed by atoms with Gasteiger partial charge in [0, 0.05) is 24.3 Å². The highest BCUT2D eigenvalue weighted by Gasteiger charge is 2.23. The van der Waals surface area contributed by atoms with Gasteiger partial charge in [-0.2, -0.15) is 0 Å². The van der Waals surface area contributed by atoms with Gasteiger partial charge in [0.05, 0.1) is 25.3 Å². The first-order chi connectivity index (χ1) is 12.5. The molecule has 0 amide bonds. The van der Waals surface area contributed by atoms with Gasteiger partial charge in [-0.05, 0) is 37.1 Å². The van der Waals surface area contributed by atoms with Crippen molar-refractivity contribution in [3.05, 3.63) is 46.5 Å². The van der Waals surface area contributed by atoms with Crippen LogP contribution in [0.3, 0.4) is 0 Å². The van der Waals surface area contributed by atoms with E-state index in [1.165, 1.54) is 38.5 Å². The maximum atomic E-state index is 13.0. The van der Waals surface area contributed by atoms with Crippen LogP contribution < -0.4 is 9.47 Å². The smallest absolute Gasteiger partial charge is 0.200 e. The molecule has 2 rings (SSSR count). The summed E-state index contributed by atoms with van der Waals surface area (Å²) in [5, 5.41) is 39.1. The minimum absolute atomic E-state index is 0.0636. The molecule has 2 aromatic rings. The summed E-state index contributed by atoms with van der Waals surface area (Å²) in [6.45, 7) is -0.418. The van der Waals surface area contributed by atoms with Crippen molar-refractivity contribution in [2.45, 2.75) is 12.8 Å². The second-order valence-corrected chi connectivity index (χ2v) is 5.64. The molecule has 0 bridgehead atoms. The van der Waals surface area contributed by atoms with Gasteiger partial charge in [0.15, 0.2) is 0 Å². The number of ether oxygens (including phenoxy) is 2. The van der Waals surface area contributed by atoms with Crippen LogP contribution in [0.1, 0.15) is 27.0 Å². The van der Waals surface area contributed by atoms with Gasteiger partial charge in [0.2, 0.25) is 5.78 Å². The first-order valence-electron chi connectivity index (χ1n) is 8.03. The average molecular weight is 362 g/mol. The van der Waals surface area contributed by atoms with Crippen LogP contribution in [0.2, 0.25) is 0 Å². The fourth-order valence-electron chi connectivity index (χ4n) is 2.68. The molecular weight excluding hydrogens is 340 g/mol. The van der Waals surface area contributed by atoms with Crippen molar-refractivity contribution in [2.75, 3.05) is 27.4 Å². The second-order valence-electron chi connectivity index (χ2n) is 5.64. The molecule has 2 aromatic carbocycles. The molecule has 0 aliphatic carbocycles. The number of carbonyl (C=O) groups excluding carboxylic acids is 1. The first kappa shape index (κ1) is 19.6. The van der Waals surface area contributed by atoms with Gasteiger partial charge in [-0.15, -0.1) is 0 Å². The summed E-state index contributed by atoms with van der Waals surface area (Å²) in [4.78, 5) is 13.0. The van der Waals surface area contributed by atoms with E-state index < -0.39 is 5.78 Å². The molecule has 0 spiro atoms. The number of rotatable bonds is 8. The maximum Gasteiger partial charge on any atom is 0.200 e. The van der Waals surface area contributed by atoms with Gasteiger partial charge in [-0.25, -0.2) is 0 Å². The number of methoxy groups -OCH3 is 2. The van der Waals surface area contributed by atoms with E-state index in [2.05, 4.69) is 0 Å². The van der Waals surface area contributed by atoms with Crippen LogP contribution in [0.4, 0.5) is 0 Å². The Balaban J connectivity index is 2.62. The van der Waals surface area contributed by atoms with E-state index in [1.807, 2.05) is 0 Å². The Bertz CT molecular complexity index is 733. The van der Waals surface area contributed by atoms with Crippen LogP contribution in [-0.4, -0.2) is 53.6 Å². The van der Waals surface area contributed by atoms with E-state index in [-0.39, 0.29) is 48.7 Å². The molecule has 0 radical (unpaired) electrons. The molecular formula is C19H22O7. The molecule has 0 saturated heterocycles. The molecule has 0 heterocycles. The number of carbonyl (C=O) groups is 1. The van der Waals surface area contributed by atoms with Crippen molar-refractivity contribution < 1.29 is 34.7 Å². The molecule has 4 N–H and O–H groups in total. The number of hydrogen-bond donors (Lipinski definition) is 4. The van der Waals surface area contributed by atoms with Crippen molar-refractivity contribution in [3.63, 3.8) is 0 Å². The van der Waals surface area contributed by atoms with Crippen molar-refractivity contribution >= 4 is 5.78 Å². The Hall–Kier alpha value is -2.77. The third-order valence-electron chi connectivity index (χ3n) is 4.05. The Morgan fingerprint density at radius 2 is 1.19 bits per heavy atom. The summed E-state index contributed by atoms with van der Waals surface area (Å²) in [7, 11) is 2.84. The van der Waals surface area contributed by atoms with Crippen LogP contribution in [0.15, 0.2) is 24.3 Å². The van der Waals surface area contributed by atoms with E-state index in [1.54, 1.807) is 0 Å². The number of ketones is 1. The Morgan fingerprint density at radius 1 is 0.808 bits per heavy atom. The quantitative estimate of drug-likeness (QED) is 0.525. The SMILES string of the molecule is COc1cc(CCO)c(O)c(C(=O)c2cc(OC)cc(CCO)c2O)c1. The zero-order valence-electron chi connectivity index (χ0n) is 14.7. The maximum absolute atomic E-state index is 13.0. The summed E-state index contributed by atoms with van der Waals surface area (Å²) in [6.07, 6.45) is 0.284. The minimum Gasteiger partial charge on any atom is -0.507 e. The molecule has 140 valence electrons. The molecule has 0 saturated carbocycles. The monoisotopic (exact) mass is 362 g/mol. The van der Waals surface area contributed by atoms with Gasteiger partial charge in [-0.1, -0.05) is 0 Å². The van der Waals surface area contributed by atoms with Gasteiger partial charge >= 0.3 is 0 Å². The minimum atomic E-state index is -0.629. The number of hydrogen-bond acceptors (Lipinski definition) is 7. The van der Waals surface area contributed by atoms with Gasteiger partial charge in [-0.3, -0.25) is 4.79 Å². The van der Waals surface area contributed by atoms with E-state index >= 15 is 0 Å². The van der Waals surface area contributed by atoms with Crippen LogP contribution in [0.25, 0.3) is 0 Å². The standard InChI is InChI=1S/C19H22O7/c1-25-13-7-11(3-5-20)17(22)15(9-13)19(24)16-10-14(26-2)8-12(4-6-21)18(16)23/h7-10,20-23H,3-6H2,1-2H3. The summed E-state index contributed by atoms with van der Waals surface area (Å²) < 4.78 is 10.3. The molecule has 0 unspecified atom stereocenters. The van der Waals surface area contributed by atoms with Gasteiger partial charge in [0.25, 0.3) is 0 Å². The molecule has 0 aliphatic heterocycles. The van der Waals surface area contributed by atoms with Crippen LogP contribution in [0.5, 0.6) is 23.0 Å².